The highest BCUT2D eigenvalue weighted by molar-refractivity contribution is 5.46. The first kappa shape index (κ1) is 18.4. The van der Waals surface area contributed by atoms with E-state index in [2.05, 4.69) is 34.3 Å². The summed E-state index contributed by atoms with van der Waals surface area (Å²) in [5, 5.41) is 13.5. The molecule has 1 aliphatic rings. The van der Waals surface area contributed by atoms with E-state index in [9.17, 15) is 5.11 Å². The second-order valence-electron chi connectivity index (χ2n) is 6.72. The predicted octanol–water partition coefficient (Wildman–Crippen LogP) is 2.79. The van der Waals surface area contributed by atoms with Gasteiger partial charge < -0.3 is 29.2 Å². The van der Waals surface area contributed by atoms with Gasteiger partial charge in [0, 0.05) is 37.6 Å². The molecule has 2 aromatic carbocycles. The van der Waals surface area contributed by atoms with Gasteiger partial charge in [-0.3, -0.25) is 0 Å². The molecule has 2 heterocycles. The van der Waals surface area contributed by atoms with Crippen molar-refractivity contribution in [3.8, 4) is 17.2 Å². The third kappa shape index (κ3) is 4.65. The summed E-state index contributed by atoms with van der Waals surface area (Å²) in [5.41, 5.74) is 2.44. The minimum absolute atomic E-state index is 0.206. The second-order valence-corrected chi connectivity index (χ2v) is 6.72. The molecule has 0 saturated carbocycles. The smallest absolute Gasteiger partial charge is 0.231 e. The van der Waals surface area contributed by atoms with Crippen molar-refractivity contribution in [2.75, 3.05) is 19.9 Å². The summed E-state index contributed by atoms with van der Waals surface area (Å²) >= 11 is 0. The van der Waals surface area contributed by atoms with Crippen molar-refractivity contribution in [3.05, 3.63) is 78.1 Å². The van der Waals surface area contributed by atoms with Gasteiger partial charge in [-0.2, -0.15) is 0 Å². The van der Waals surface area contributed by atoms with Gasteiger partial charge in [-0.15, -0.1) is 0 Å². The molecule has 0 spiro atoms. The van der Waals surface area contributed by atoms with Crippen molar-refractivity contribution < 1.29 is 19.3 Å². The average Bonchev–Trinajstić information content (AvgIpc) is 3.36. The number of rotatable bonds is 9. The molecule has 0 aliphatic carbocycles. The van der Waals surface area contributed by atoms with Gasteiger partial charge in [-0.05, 0) is 29.8 Å². The molecular weight excluding hydrogens is 356 g/mol. The van der Waals surface area contributed by atoms with Gasteiger partial charge >= 0.3 is 0 Å². The fourth-order valence-electron chi connectivity index (χ4n) is 3.13. The summed E-state index contributed by atoms with van der Waals surface area (Å²) in [4.78, 5) is 0. The van der Waals surface area contributed by atoms with Gasteiger partial charge in [0.05, 0.1) is 0 Å². The van der Waals surface area contributed by atoms with Gasteiger partial charge in [0.15, 0.2) is 11.5 Å². The number of aromatic nitrogens is 1. The number of aliphatic hydroxyl groups excluding tert-OH is 1. The van der Waals surface area contributed by atoms with Crippen molar-refractivity contribution in [1.29, 1.82) is 0 Å². The molecule has 6 nitrogen and oxygen atoms in total. The predicted molar refractivity (Wildman–Crippen MR) is 106 cm³/mol. The maximum atomic E-state index is 10.2. The zero-order chi connectivity index (χ0) is 19.2. The Hall–Kier alpha value is -2.96. The molecule has 0 fully saturated rings. The molecule has 28 heavy (non-hydrogen) atoms. The van der Waals surface area contributed by atoms with Gasteiger partial charge in [-0.25, -0.2) is 0 Å². The lowest BCUT2D eigenvalue weighted by Crippen LogP contribution is -2.31. The molecule has 146 valence electrons. The first-order chi connectivity index (χ1) is 13.8. The number of fused-ring (bicyclic) bond motifs is 1. The lowest BCUT2D eigenvalue weighted by atomic mass is 10.2. The molecule has 3 aromatic rings. The molecule has 1 aromatic heterocycles. The molecule has 1 atom stereocenters. The van der Waals surface area contributed by atoms with E-state index >= 15 is 0 Å². The van der Waals surface area contributed by atoms with E-state index in [1.807, 2.05) is 36.4 Å². The van der Waals surface area contributed by atoms with Gasteiger partial charge in [0.1, 0.15) is 18.5 Å². The van der Waals surface area contributed by atoms with Gasteiger partial charge in [0.25, 0.3) is 0 Å². The Balaban J connectivity index is 1.22. The van der Waals surface area contributed by atoms with Crippen molar-refractivity contribution in [2.45, 2.75) is 19.2 Å². The summed E-state index contributed by atoms with van der Waals surface area (Å²) in [6.45, 7) is 2.40. The molecule has 0 amide bonds. The normalized spacial score (nSPS) is 13.5. The van der Waals surface area contributed by atoms with Crippen LogP contribution in [-0.2, 0) is 13.1 Å². The standard InChI is InChI=1S/C22H24N2O4/c25-19(15-26-20-8-9-21-22(11-20)28-16-27-21)13-23-12-18-7-4-10-24(18)14-17-5-2-1-3-6-17/h1-11,19,23,25H,12-16H2. The summed E-state index contributed by atoms with van der Waals surface area (Å²) in [5.74, 6) is 2.04. The Morgan fingerprint density at radius 3 is 2.79 bits per heavy atom. The first-order valence-electron chi connectivity index (χ1n) is 9.37. The van der Waals surface area contributed by atoms with E-state index in [1.54, 1.807) is 6.07 Å². The minimum Gasteiger partial charge on any atom is -0.491 e. The van der Waals surface area contributed by atoms with Crippen LogP contribution < -0.4 is 19.5 Å². The van der Waals surface area contributed by atoms with E-state index in [0.717, 1.165) is 6.54 Å². The molecular formula is C22H24N2O4. The number of benzene rings is 2. The fourth-order valence-corrected chi connectivity index (χ4v) is 3.13. The molecule has 6 heteroatoms. The quantitative estimate of drug-likeness (QED) is 0.598. The Labute approximate surface area is 164 Å². The monoisotopic (exact) mass is 380 g/mol. The van der Waals surface area contributed by atoms with Crippen molar-refractivity contribution in [3.63, 3.8) is 0 Å². The number of nitrogens with one attached hydrogen (secondary N) is 1. The van der Waals surface area contributed by atoms with Gasteiger partial charge in [0.2, 0.25) is 6.79 Å². The second kappa shape index (κ2) is 8.82. The van der Waals surface area contributed by atoms with Crippen LogP contribution in [0.2, 0.25) is 0 Å². The van der Waals surface area contributed by atoms with Gasteiger partial charge in [-0.1, -0.05) is 30.3 Å². The summed E-state index contributed by atoms with van der Waals surface area (Å²) in [7, 11) is 0. The van der Waals surface area contributed by atoms with E-state index < -0.39 is 6.10 Å². The van der Waals surface area contributed by atoms with E-state index in [1.165, 1.54) is 11.3 Å². The molecule has 1 unspecified atom stereocenters. The van der Waals surface area contributed by atoms with Crippen molar-refractivity contribution in [2.24, 2.45) is 0 Å². The number of aliphatic hydroxyl groups is 1. The van der Waals surface area contributed by atoms with Crippen LogP contribution in [0.5, 0.6) is 17.2 Å². The summed E-state index contributed by atoms with van der Waals surface area (Å²) < 4.78 is 18.5. The van der Waals surface area contributed by atoms with Crippen molar-refractivity contribution >= 4 is 0 Å². The SMILES string of the molecule is OC(CNCc1cccn1Cc1ccccc1)COc1ccc2c(c1)OCO2. The first-order valence-corrected chi connectivity index (χ1v) is 9.37. The molecule has 4 rings (SSSR count). The number of nitrogens with zero attached hydrogens (tertiary/aromatic N) is 1. The highest BCUT2D eigenvalue weighted by Crippen LogP contribution is 2.35. The van der Waals surface area contributed by atoms with Crippen LogP contribution in [0.25, 0.3) is 0 Å². The van der Waals surface area contributed by atoms with E-state index in [0.29, 0.717) is 30.3 Å². The highest BCUT2D eigenvalue weighted by Gasteiger charge is 2.14. The third-order valence-electron chi connectivity index (χ3n) is 4.59. The molecule has 0 bridgehead atoms. The Kier molecular flexibility index (Phi) is 5.80. The Bertz CT molecular complexity index is 895. The number of ether oxygens (including phenoxy) is 3. The van der Waals surface area contributed by atoms with Crippen LogP contribution in [-0.4, -0.2) is 35.7 Å². The van der Waals surface area contributed by atoms with Crippen LogP contribution in [0.4, 0.5) is 0 Å². The Morgan fingerprint density at radius 1 is 1.04 bits per heavy atom. The highest BCUT2D eigenvalue weighted by atomic mass is 16.7. The number of hydrogen-bond donors (Lipinski definition) is 2. The van der Waals surface area contributed by atoms with E-state index in [4.69, 9.17) is 14.2 Å². The van der Waals surface area contributed by atoms with Crippen LogP contribution >= 0.6 is 0 Å². The zero-order valence-electron chi connectivity index (χ0n) is 15.6. The lowest BCUT2D eigenvalue weighted by Gasteiger charge is -2.15. The molecule has 2 N–H and O–H groups in total. The average molecular weight is 380 g/mol. The largest absolute Gasteiger partial charge is 0.491 e. The summed E-state index contributed by atoms with van der Waals surface area (Å²) in [6.07, 6.45) is 1.46. The van der Waals surface area contributed by atoms with E-state index in [-0.39, 0.29) is 13.4 Å². The lowest BCUT2D eigenvalue weighted by molar-refractivity contribution is 0.106. The maximum Gasteiger partial charge on any atom is 0.231 e. The molecule has 0 saturated heterocycles. The van der Waals surface area contributed by atoms with Crippen molar-refractivity contribution in [1.82, 2.24) is 9.88 Å². The van der Waals surface area contributed by atoms with Crippen LogP contribution in [0.15, 0.2) is 66.9 Å². The zero-order valence-corrected chi connectivity index (χ0v) is 15.6. The molecule has 1 aliphatic heterocycles. The van der Waals surface area contributed by atoms with Crippen LogP contribution in [0, 0.1) is 0 Å². The van der Waals surface area contributed by atoms with Crippen LogP contribution in [0.1, 0.15) is 11.3 Å². The van der Waals surface area contributed by atoms with Crippen LogP contribution in [0.3, 0.4) is 0 Å². The minimum atomic E-state index is -0.608. The Morgan fingerprint density at radius 2 is 1.89 bits per heavy atom. The topological polar surface area (TPSA) is 64.9 Å². The maximum absolute atomic E-state index is 10.2. The fraction of sp³-hybridized carbons (Fsp3) is 0.273. The number of hydrogen-bond acceptors (Lipinski definition) is 5. The third-order valence-corrected chi connectivity index (χ3v) is 4.59. The summed E-state index contributed by atoms with van der Waals surface area (Å²) in [6, 6.07) is 19.9. The molecule has 0 radical (unpaired) electrons.